The van der Waals surface area contributed by atoms with Crippen molar-refractivity contribution in [3.63, 3.8) is 0 Å². The third kappa shape index (κ3) is 3.30. The molecular weight excluding hydrogens is 240 g/mol. The van der Waals surface area contributed by atoms with Crippen molar-refractivity contribution in [2.75, 3.05) is 0 Å². The van der Waals surface area contributed by atoms with Crippen LogP contribution in [0.1, 0.15) is 38.5 Å². The van der Waals surface area contributed by atoms with Crippen LogP contribution in [0.4, 0.5) is 0 Å². The van der Waals surface area contributed by atoms with Gasteiger partial charge in [-0.3, -0.25) is 0 Å². The highest BCUT2D eigenvalue weighted by Gasteiger charge is 2.22. The molecule has 0 fully saturated rings. The molecule has 0 aliphatic heterocycles. The minimum absolute atomic E-state index is 0.623. The average Bonchev–Trinajstić information content (AvgIpc) is 2.55. The summed E-state index contributed by atoms with van der Waals surface area (Å²) < 4.78 is 0. The summed E-state index contributed by atoms with van der Waals surface area (Å²) in [4.78, 5) is 0. The standard InChI is InChI=1S/C20H24/c1-4-10-17(11-5-1)16-20(18-12-6-2-7-13-18)19-14-8-3-9-15-19/h1-2,4-6,8,10,12,14-15,17,20H,3,7,9,11,13,16H2. The molecule has 2 atom stereocenters. The Bertz CT molecular complexity index is 508. The van der Waals surface area contributed by atoms with E-state index in [2.05, 4.69) is 60.8 Å². The molecule has 0 spiro atoms. The van der Waals surface area contributed by atoms with E-state index in [1.54, 1.807) is 11.1 Å². The molecule has 0 aromatic rings. The van der Waals surface area contributed by atoms with Gasteiger partial charge in [0.15, 0.2) is 0 Å². The molecule has 0 saturated heterocycles. The van der Waals surface area contributed by atoms with E-state index in [0.717, 1.165) is 0 Å². The molecule has 0 heterocycles. The number of hydrogen-bond acceptors (Lipinski definition) is 0. The summed E-state index contributed by atoms with van der Waals surface area (Å²) >= 11 is 0. The van der Waals surface area contributed by atoms with E-state index < -0.39 is 0 Å². The predicted octanol–water partition coefficient (Wildman–Crippen LogP) is 5.68. The Hall–Kier alpha value is -1.56. The van der Waals surface area contributed by atoms with Crippen molar-refractivity contribution >= 4 is 0 Å². The summed E-state index contributed by atoms with van der Waals surface area (Å²) in [5, 5.41) is 0. The van der Waals surface area contributed by atoms with Crippen LogP contribution >= 0.6 is 0 Å². The van der Waals surface area contributed by atoms with Gasteiger partial charge >= 0.3 is 0 Å². The van der Waals surface area contributed by atoms with Crippen LogP contribution in [0, 0.1) is 11.8 Å². The van der Waals surface area contributed by atoms with Gasteiger partial charge in [-0.15, -0.1) is 0 Å². The van der Waals surface area contributed by atoms with E-state index in [9.17, 15) is 0 Å². The van der Waals surface area contributed by atoms with Crippen LogP contribution in [0.5, 0.6) is 0 Å². The lowest BCUT2D eigenvalue weighted by Crippen LogP contribution is -2.14. The quantitative estimate of drug-likeness (QED) is 0.613. The normalized spacial score (nSPS) is 26.3. The van der Waals surface area contributed by atoms with Crippen LogP contribution in [0.15, 0.2) is 71.9 Å². The fourth-order valence-electron chi connectivity index (χ4n) is 3.41. The first kappa shape index (κ1) is 13.4. The molecule has 0 aromatic carbocycles. The first-order valence-electron chi connectivity index (χ1n) is 7.99. The van der Waals surface area contributed by atoms with Gasteiger partial charge in [0.1, 0.15) is 0 Å². The Morgan fingerprint density at radius 3 is 2.70 bits per heavy atom. The molecule has 0 amide bonds. The van der Waals surface area contributed by atoms with E-state index >= 15 is 0 Å². The lowest BCUT2D eigenvalue weighted by atomic mass is 9.77. The topological polar surface area (TPSA) is 0 Å². The monoisotopic (exact) mass is 264 g/mol. The maximum absolute atomic E-state index is 2.46. The first-order valence-corrected chi connectivity index (χ1v) is 7.99. The van der Waals surface area contributed by atoms with Crippen LogP contribution < -0.4 is 0 Å². The van der Waals surface area contributed by atoms with Gasteiger partial charge in [-0.1, -0.05) is 66.3 Å². The van der Waals surface area contributed by atoms with Gasteiger partial charge in [-0.05, 0) is 50.0 Å². The Labute approximate surface area is 123 Å². The second kappa shape index (κ2) is 6.74. The average molecular weight is 264 g/mol. The van der Waals surface area contributed by atoms with Gasteiger partial charge in [-0.25, -0.2) is 0 Å². The highest BCUT2D eigenvalue weighted by molar-refractivity contribution is 5.35. The van der Waals surface area contributed by atoms with Gasteiger partial charge in [0.2, 0.25) is 0 Å². The predicted molar refractivity (Wildman–Crippen MR) is 87.4 cm³/mol. The molecule has 2 unspecified atom stereocenters. The Morgan fingerprint density at radius 1 is 1.00 bits per heavy atom. The zero-order valence-electron chi connectivity index (χ0n) is 12.2. The summed E-state index contributed by atoms with van der Waals surface area (Å²) in [5.41, 5.74) is 3.19. The van der Waals surface area contributed by atoms with Crippen LogP contribution in [0.3, 0.4) is 0 Å². The fraction of sp³-hybridized carbons (Fsp3) is 0.400. The summed E-state index contributed by atoms with van der Waals surface area (Å²) in [7, 11) is 0. The second-order valence-corrected chi connectivity index (χ2v) is 5.99. The van der Waals surface area contributed by atoms with E-state index in [0.29, 0.717) is 11.8 Å². The highest BCUT2D eigenvalue weighted by atomic mass is 14.3. The molecule has 0 saturated carbocycles. The van der Waals surface area contributed by atoms with E-state index in [-0.39, 0.29) is 0 Å². The molecule has 0 N–H and O–H groups in total. The van der Waals surface area contributed by atoms with E-state index in [4.69, 9.17) is 0 Å². The maximum Gasteiger partial charge on any atom is 0.00538 e. The molecule has 0 aromatic heterocycles. The molecule has 3 aliphatic carbocycles. The highest BCUT2D eigenvalue weighted by Crippen LogP contribution is 2.36. The largest absolute Gasteiger partial charge is 0.0842 e. The van der Waals surface area contributed by atoms with Gasteiger partial charge < -0.3 is 0 Å². The number of rotatable bonds is 4. The first-order chi connectivity index (χ1) is 9.93. The summed E-state index contributed by atoms with van der Waals surface area (Å²) in [6, 6.07) is 0. The van der Waals surface area contributed by atoms with Crippen molar-refractivity contribution in [2.24, 2.45) is 11.8 Å². The van der Waals surface area contributed by atoms with Crippen molar-refractivity contribution in [3.8, 4) is 0 Å². The molecule has 3 aliphatic rings. The van der Waals surface area contributed by atoms with Crippen molar-refractivity contribution in [1.82, 2.24) is 0 Å². The van der Waals surface area contributed by atoms with Crippen LogP contribution in [-0.4, -0.2) is 0 Å². The molecule has 0 radical (unpaired) electrons. The molecule has 0 bridgehead atoms. The molecular formula is C20H24. The van der Waals surface area contributed by atoms with Crippen LogP contribution in [0.25, 0.3) is 0 Å². The molecule has 0 nitrogen and oxygen atoms in total. The molecule has 0 heteroatoms. The van der Waals surface area contributed by atoms with Gasteiger partial charge in [0.05, 0.1) is 0 Å². The van der Waals surface area contributed by atoms with Gasteiger partial charge in [0, 0.05) is 5.92 Å². The van der Waals surface area contributed by atoms with Gasteiger partial charge in [0.25, 0.3) is 0 Å². The van der Waals surface area contributed by atoms with Crippen molar-refractivity contribution < 1.29 is 0 Å². The Morgan fingerprint density at radius 2 is 2.00 bits per heavy atom. The van der Waals surface area contributed by atoms with Gasteiger partial charge in [-0.2, -0.15) is 0 Å². The molecule has 20 heavy (non-hydrogen) atoms. The van der Waals surface area contributed by atoms with Crippen molar-refractivity contribution in [2.45, 2.75) is 38.5 Å². The summed E-state index contributed by atoms with van der Waals surface area (Å²) in [5.74, 6) is 1.32. The summed E-state index contributed by atoms with van der Waals surface area (Å²) in [6.07, 6.45) is 30.5. The smallest absolute Gasteiger partial charge is 0.00538 e. The summed E-state index contributed by atoms with van der Waals surface area (Å²) in [6.45, 7) is 0. The fourth-order valence-corrected chi connectivity index (χ4v) is 3.41. The SMILES string of the molecule is C1=CCCC(C(CC2C=CC=CC2)C2=CCCC=C2)=C1. The molecule has 104 valence electrons. The van der Waals surface area contributed by atoms with Crippen molar-refractivity contribution in [1.29, 1.82) is 0 Å². The van der Waals surface area contributed by atoms with E-state index in [1.807, 2.05) is 0 Å². The Balaban J connectivity index is 1.79. The number of allylic oxidation sites excluding steroid dienone is 12. The lowest BCUT2D eigenvalue weighted by Gasteiger charge is -2.27. The second-order valence-electron chi connectivity index (χ2n) is 5.99. The zero-order chi connectivity index (χ0) is 13.6. The maximum atomic E-state index is 2.46. The van der Waals surface area contributed by atoms with E-state index in [1.165, 1.54) is 38.5 Å². The van der Waals surface area contributed by atoms with Crippen molar-refractivity contribution in [3.05, 3.63) is 71.9 Å². The van der Waals surface area contributed by atoms with Crippen LogP contribution in [-0.2, 0) is 0 Å². The third-order valence-electron chi connectivity index (χ3n) is 4.53. The number of hydrogen-bond donors (Lipinski definition) is 0. The Kier molecular flexibility index (Phi) is 4.53. The van der Waals surface area contributed by atoms with Crippen LogP contribution in [0.2, 0.25) is 0 Å². The lowest BCUT2D eigenvalue weighted by molar-refractivity contribution is 0.502. The minimum atomic E-state index is 0.623. The zero-order valence-corrected chi connectivity index (χ0v) is 12.2. The molecule has 3 rings (SSSR count). The minimum Gasteiger partial charge on any atom is -0.0842 e. The third-order valence-corrected chi connectivity index (χ3v) is 4.53.